The van der Waals surface area contributed by atoms with E-state index in [-0.39, 0.29) is 11.9 Å². The van der Waals surface area contributed by atoms with Crippen LogP contribution in [0.25, 0.3) is 5.57 Å². The van der Waals surface area contributed by atoms with Crippen molar-refractivity contribution in [1.29, 1.82) is 0 Å². The first kappa shape index (κ1) is 18.2. The number of amidine groups is 1. The van der Waals surface area contributed by atoms with Crippen LogP contribution in [0.5, 0.6) is 0 Å². The Balaban J connectivity index is 1.33. The minimum absolute atomic E-state index is 0.177. The van der Waals surface area contributed by atoms with Crippen LogP contribution in [0.15, 0.2) is 64.5 Å². The summed E-state index contributed by atoms with van der Waals surface area (Å²) in [4.78, 5) is 31.9. The second-order valence-corrected chi connectivity index (χ2v) is 8.52. The van der Waals surface area contributed by atoms with Gasteiger partial charge in [-0.3, -0.25) is 4.79 Å². The van der Waals surface area contributed by atoms with Gasteiger partial charge in [0.05, 0.1) is 10.5 Å². The number of amides is 1. The number of hydrogen-bond acceptors (Lipinski definition) is 5. The van der Waals surface area contributed by atoms with Gasteiger partial charge in [-0.1, -0.05) is 48.5 Å². The SMILES string of the molecule is C/C(=C1\SC(N2CCC3(CC2)OC(=O)c2ccccc23)=NC1=O)c1ccccc1. The third-order valence-electron chi connectivity index (χ3n) is 5.90. The standard InChI is InChI=1S/C23H20N2O3S/c1-15(16-7-3-2-4-8-16)19-20(26)24-22(29-19)25-13-11-23(12-14-25)18-10-6-5-9-17(18)21(27)28-23/h2-10H,11-14H2,1H3/b19-15+. The largest absolute Gasteiger partial charge is 0.450 e. The third-order valence-corrected chi connectivity index (χ3v) is 7.12. The molecule has 1 amide bonds. The summed E-state index contributed by atoms with van der Waals surface area (Å²) in [6, 6.07) is 17.6. The van der Waals surface area contributed by atoms with Crippen LogP contribution in [0.2, 0.25) is 0 Å². The molecule has 0 atom stereocenters. The molecule has 1 fully saturated rings. The number of esters is 1. The molecular weight excluding hydrogens is 384 g/mol. The molecule has 5 nitrogen and oxygen atoms in total. The van der Waals surface area contributed by atoms with E-state index in [1.54, 1.807) is 0 Å². The highest BCUT2D eigenvalue weighted by atomic mass is 32.2. The van der Waals surface area contributed by atoms with Crippen LogP contribution < -0.4 is 0 Å². The van der Waals surface area contributed by atoms with E-state index >= 15 is 0 Å². The van der Waals surface area contributed by atoms with Gasteiger partial charge in [0.1, 0.15) is 5.60 Å². The van der Waals surface area contributed by atoms with E-state index in [0.717, 1.165) is 21.9 Å². The number of hydrogen-bond donors (Lipinski definition) is 0. The van der Waals surface area contributed by atoms with Crippen LogP contribution in [-0.4, -0.2) is 35.0 Å². The first-order valence-electron chi connectivity index (χ1n) is 9.72. The van der Waals surface area contributed by atoms with E-state index in [0.29, 0.717) is 36.4 Å². The maximum atomic E-state index is 12.5. The first-order valence-corrected chi connectivity index (χ1v) is 10.5. The van der Waals surface area contributed by atoms with Gasteiger partial charge in [0.15, 0.2) is 5.17 Å². The molecule has 146 valence electrons. The summed E-state index contributed by atoms with van der Waals surface area (Å²) in [5, 5.41) is 0.743. The van der Waals surface area contributed by atoms with Gasteiger partial charge < -0.3 is 9.64 Å². The van der Waals surface area contributed by atoms with Gasteiger partial charge in [0.25, 0.3) is 5.91 Å². The zero-order chi connectivity index (χ0) is 20.0. The Kier molecular flexibility index (Phi) is 4.32. The molecule has 6 heteroatoms. The quantitative estimate of drug-likeness (QED) is 0.526. The second kappa shape index (κ2) is 6.88. The highest BCUT2D eigenvalue weighted by molar-refractivity contribution is 8.18. The fourth-order valence-electron chi connectivity index (χ4n) is 4.26. The van der Waals surface area contributed by atoms with E-state index in [1.165, 1.54) is 11.8 Å². The molecule has 2 aromatic carbocycles. The fraction of sp³-hybridized carbons (Fsp3) is 0.261. The summed E-state index contributed by atoms with van der Waals surface area (Å²) in [7, 11) is 0. The molecule has 0 bridgehead atoms. The molecule has 2 aromatic rings. The van der Waals surface area contributed by atoms with E-state index in [2.05, 4.69) is 9.89 Å². The third kappa shape index (κ3) is 2.99. The van der Waals surface area contributed by atoms with Crippen molar-refractivity contribution >= 4 is 34.4 Å². The van der Waals surface area contributed by atoms with Crippen LogP contribution in [0.4, 0.5) is 0 Å². The lowest BCUT2D eigenvalue weighted by Gasteiger charge is -2.39. The monoisotopic (exact) mass is 404 g/mol. The van der Waals surface area contributed by atoms with Crippen molar-refractivity contribution < 1.29 is 14.3 Å². The number of nitrogens with zero attached hydrogens (tertiary/aromatic N) is 2. The minimum Gasteiger partial charge on any atom is -0.450 e. The zero-order valence-corrected chi connectivity index (χ0v) is 16.9. The number of rotatable bonds is 1. The first-order chi connectivity index (χ1) is 14.1. The van der Waals surface area contributed by atoms with Crippen molar-refractivity contribution in [3.63, 3.8) is 0 Å². The summed E-state index contributed by atoms with van der Waals surface area (Å²) < 4.78 is 5.82. The molecule has 29 heavy (non-hydrogen) atoms. The molecule has 0 unspecified atom stereocenters. The van der Waals surface area contributed by atoms with Gasteiger partial charge in [-0.25, -0.2) is 4.79 Å². The number of ether oxygens (including phenoxy) is 1. The molecule has 0 aromatic heterocycles. The van der Waals surface area contributed by atoms with Crippen LogP contribution in [-0.2, 0) is 15.1 Å². The lowest BCUT2D eigenvalue weighted by atomic mass is 9.84. The highest BCUT2D eigenvalue weighted by Gasteiger charge is 2.47. The highest BCUT2D eigenvalue weighted by Crippen LogP contribution is 2.45. The predicted molar refractivity (Wildman–Crippen MR) is 113 cm³/mol. The Bertz CT molecular complexity index is 1070. The Morgan fingerprint density at radius 3 is 2.48 bits per heavy atom. The molecule has 5 rings (SSSR count). The molecule has 3 aliphatic rings. The zero-order valence-electron chi connectivity index (χ0n) is 16.1. The van der Waals surface area contributed by atoms with Gasteiger partial charge >= 0.3 is 5.97 Å². The van der Waals surface area contributed by atoms with Gasteiger partial charge in [-0.05, 0) is 35.9 Å². The predicted octanol–water partition coefficient (Wildman–Crippen LogP) is 4.21. The number of thioether (sulfide) groups is 1. The van der Waals surface area contributed by atoms with Crippen LogP contribution >= 0.6 is 11.8 Å². The van der Waals surface area contributed by atoms with Crippen molar-refractivity contribution in [2.75, 3.05) is 13.1 Å². The second-order valence-electron chi connectivity index (χ2n) is 7.54. The Hall–Kier alpha value is -2.86. The van der Waals surface area contributed by atoms with E-state index in [1.807, 2.05) is 61.5 Å². The number of aliphatic imine (C=N–C) groups is 1. The maximum Gasteiger partial charge on any atom is 0.339 e. The van der Waals surface area contributed by atoms with E-state index in [9.17, 15) is 9.59 Å². The molecule has 0 aliphatic carbocycles. The molecular formula is C23H20N2O3S. The summed E-state index contributed by atoms with van der Waals surface area (Å²) in [6.07, 6.45) is 1.39. The fourth-order valence-corrected chi connectivity index (χ4v) is 5.29. The molecule has 0 saturated carbocycles. The van der Waals surface area contributed by atoms with Crippen molar-refractivity contribution in [3.05, 3.63) is 76.2 Å². The Labute approximate surface area is 173 Å². The molecule has 3 aliphatic heterocycles. The average Bonchev–Trinajstić information content (AvgIpc) is 3.27. The number of carbonyl (C=O) groups is 2. The molecule has 0 N–H and O–H groups in total. The molecule has 0 radical (unpaired) electrons. The van der Waals surface area contributed by atoms with Crippen molar-refractivity contribution in [1.82, 2.24) is 4.90 Å². The van der Waals surface area contributed by atoms with Gasteiger partial charge in [0, 0.05) is 31.5 Å². The van der Waals surface area contributed by atoms with E-state index < -0.39 is 5.60 Å². The van der Waals surface area contributed by atoms with Crippen molar-refractivity contribution in [3.8, 4) is 0 Å². The normalized spacial score (nSPS) is 21.8. The van der Waals surface area contributed by atoms with E-state index in [4.69, 9.17) is 4.74 Å². The van der Waals surface area contributed by atoms with Crippen molar-refractivity contribution in [2.24, 2.45) is 4.99 Å². The maximum absolute atomic E-state index is 12.5. The van der Waals surface area contributed by atoms with Crippen LogP contribution in [0.3, 0.4) is 0 Å². The van der Waals surface area contributed by atoms with Crippen LogP contribution in [0.1, 0.15) is 41.3 Å². The van der Waals surface area contributed by atoms with Gasteiger partial charge in [-0.2, -0.15) is 4.99 Å². The summed E-state index contributed by atoms with van der Waals surface area (Å²) >= 11 is 1.44. The number of allylic oxidation sites excluding steroid dienone is 1. The Morgan fingerprint density at radius 2 is 1.72 bits per heavy atom. The number of likely N-dealkylation sites (tertiary alicyclic amines) is 1. The molecule has 1 saturated heterocycles. The smallest absolute Gasteiger partial charge is 0.339 e. The number of fused-ring (bicyclic) bond motifs is 2. The van der Waals surface area contributed by atoms with Crippen LogP contribution in [0, 0.1) is 0 Å². The molecule has 1 spiro atoms. The lowest BCUT2D eigenvalue weighted by Crippen LogP contribution is -2.44. The van der Waals surface area contributed by atoms with Gasteiger partial charge in [-0.15, -0.1) is 0 Å². The van der Waals surface area contributed by atoms with Gasteiger partial charge in [0.2, 0.25) is 0 Å². The number of benzene rings is 2. The summed E-state index contributed by atoms with van der Waals surface area (Å²) in [6.45, 7) is 3.35. The topological polar surface area (TPSA) is 59.0 Å². The summed E-state index contributed by atoms with van der Waals surface area (Å²) in [5.74, 6) is -0.412. The van der Waals surface area contributed by atoms with Crippen molar-refractivity contribution in [2.45, 2.75) is 25.4 Å². The molecule has 3 heterocycles. The average molecular weight is 404 g/mol. The number of carbonyl (C=O) groups excluding carboxylic acids is 2. The lowest BCUT2D eigenvalue weighted by molar-refractivity contribution is -0.113. The number of piperidine rings is 1. The minimum atomic E-state index is -0.545. The summed E-state index contributed by atoms with van der Waals surface area (Å²) in [5.41, 5.74) is 3.10. The Morgan fingerprint density at radius 1 is 1.03 bits per heavy atom.